The molecule has 6 heteroatoms. The maximum absolute atomic E-state index is 13.1. The smallest absolute Gasteiger partial charge is 0.273 e. The minimum absolute atomic E-state index is 0.0917. The average molecular weight is 383 g/mol. The highest BCUT2D eigenvalue weighted by atomic mass is 16.2. The number of hydrogen-bond acceptors (Lipinski definition) is 3. The molecule has 0 saturated carbocycles. The fourth-order valence-electron chi connectivity index (χ4n) is 3.09. The second-order valence-electron chi connectivity index (χ2n) is 6.39. The number of carbonyl (C=O) groups is 2. The number of fused-ring (bicyclic) bond motifs is 1. The van der Waals surface area contributed by atoms with Crippen molar-refractivity contribution in [2.75, 3.05) is 10.6 Å². The molecule has 0 aliphatic carbocycles. The normalized spacial score (nSPS) is 10.5. The molecular weight excluding hydrogens is 366 g/mol. The average Bonchev–Trinajstić information content (AvgIpc) is 2.75. The summed E-state index contributed by atoms with van der Waals surface area (Å²) in [5.74, 6) is -0.956. The molecule has 0 saturated heterocycles. The Balaban J connectivity index is 1.82. The number of pyridine rings is 1. The molecule has 3 N–H and O–H groups in total. The lowest BCUT2D eigenvalue weighted by molar-refractivity contribution is 0.102. The van der Waals surface area contributed by atoms with E-state index >= 15 is 0 Å². The van der Waals surface area contributed by atoms with Crippen molar-refractivity contribution in [3.63, 3.8) is 0 Å². The third-order valence-electron chi connectivity index (χ3n) is 4.45. The molecule has 29 heavy (non-hydrogen) atoms. The first kappa shape index (κ1) is 18.2. The predicted octanol–water partition coefficient (Wildman–Crippen LogP) is 4.03. The number of aromatic amines is 1. The second kappa shape index (κ2) is 7.82. The summed E-state index contributed by atoms with van der Waals surface area (Å²) < 4.78 is 0. The van der Waals surface area contributed by atoms with Gasteiger partial charge in [0.05, 0.1) is 5.56 Å². The van der Waals surface area contributed by atoms with Crippen molar-refractivity contribution in [3.8, 4) is 0 Å². The van der Waals surface area contributed by atoms with Crippen molar-refractivity contribution in [2.24, 2.45) is 0 Å². The number of H-pyrrole nitrogens is 1. The maximum atomic E-state index is 13.1. The van der Waals surface area contributed by atoms with Gasteiger partial charge in [-0.05, 0) is 30.3 Å². The van der Waals surface area contributed by atoms with Crippen molar-refractivity contribution >= 4 is 34.1 Å². The molecule has 3 aromatic carbocycles. The van der Waals surface area contributed by atoms with Crippen LogP contribution in [0.2, 0.25) is 0 Å². The summed E-state index contributed by atoms with van der Waals surface area (Å²) in [6.45, 7) is 0. The Hall–Kier alpha value is -4.19. The fraction of sp³-hybridized carbons (Fsp3) is 0. The molecule has 0 fully saturated rings. The van der Waals surface area contributed by atoms with Gasteiger partial charge in [-0.15, -0.1) is 0 Å². The molecule has 4 aromatic rings. The third-order valence-corrected chi connectivity index (χ3v) is 4.45. The summed E-state index contributed by atoms with van der Waals surface area (Å²) in [5.41, 5.74) is 0.944. The van der Waals surface area contributed by atoms with Gasteiger partial charge in [0.15, 0.2) is 0 Å². The summed E-state index contributed by atoms with van der Waals surface area (Å²) in [6.07, 6.45) is 0. The molecule has 0 aliphatic rings. The molecule has 4 rings (SSSR count). The lowest BCUT2D eigenvalue weighted by Crippen LogP contribution is -2.25. The number of aromatic nitrogens is 1. The minimum atomic E-state index is -0.550. The van der Waals surface area contributed by atoms with E-state index in [1.54, 1.807) is 78.9 Å². The lowest BCUT2D eigenvalue weighted by atomic mass is 10.1. The summed E-state index contributed by atoms with van der Waals surface area (Å²) >= 11 is 0. The van der Waals surface area contributed by atoms with Crippen LogP contribution in [0.5, 0.6) is 0 Å². The van der Waals surface area contributed by atoms with E-state index < -0.39 is 17.4 Å². The molecule has 0 spiro atoms. The van der Waals surface area contributed by atoms with Gasteiger partial charge in [-0.25, -0.2) is 0 Å². The molecule has 0 bridgehead atoms. The van der Waals surface area contributed by atoms with E-state index in [0.717, 1.165) is 0 Å². The van der Waals surface area contributed by atoms with Gasteiger partial charge >= 0.3 is 0 Å². The van der Waals surface area contributed by atoms with E-state index in [0.29, 0.717) is 22.2 Å². The van der Waals surface area contributed by atoms with Gasteiger partial charge in [-0.3, -0.25) is 14.4 Å². The monoisotopic (exact) mass is 383 g/mol. The topological polar surface area (TPSA) is 91.1 Å². The summed E-state index contributed by atoms with van der Waals surface area (Å²) in [4.78, 5) is 41.2. The zero-order chi connectivity index (χ0) is 20.2. The maximum Gasteiger partial charge on any atom is 0.273 e. The van der Waals surface area contributed by atoms with Crippen LogP contribution in [0.15, 0.2) is 89.7 Å². The molecule has 142 valence electrons. The Labute approximate surface area is 166 Å². The molecule has 0 atom stereocenters. The van der Waals surface area contributed by atoms with Crippen LogP contribution < -0.4 is 16.2 Å². The van der Waals surface area contributed by atoms with Crippen LogP contribution >= 0.6 is 0 Å². The fourth-order valence-corrected chi connectivity index (χ4v) is 3.09. The molecule has 1 heterocycles. The van der Waals surface area contributed by atoms with Gasteiger partial charge in [-0.2, -0.15) is 0 Å². The highest BCUT2D eigenvalue weighted by Crippen LogP contribution is 2.23. The minimum Gasteiger partial charge on any atom is -0.322 e. The Bertz CT molecular complexity index is 1250. The number of benzene rings is 3. The van der Waals surface area contributed by atoms with Gasteiger partial charge in [0, 0.05) is 22.2 Å². The van der Waals surface area contributed by atoms with Gasteiger partial charge < -0.3 is 15.6 Å². The largest absolute Gasteiger partial charge is 0.322 e. The van der Waals surface area contributed by atoms with Crippen LogP contribution in [-0.2, 0) is 0 Å². The summed E-state index contributed by atoms with van der Waals surface area (Å²) in [5, 5.41) is 5.93. The van der Waals surface area contributed by atoms with Crippen LogP contribution in [0.1, 0.15) is 20.7 Å². The molecule has 2 amide bonds. The quantitative estimate of drug-likeness (QED) is 0.497. The lowest BCUT2D eigenvalue weighted by Gasteiger charge is -2.14. The van der Waals surface area contributed by atoms with Crippen molar-refractivity contribution < 1.29 is 9.59 Å². The van der Waals surface area contributed by atoms with Crippen LogP contribution in [0.4, 0.5) is 11.4 Å². The SMILES string of the molecule is O=C(Nc1c(C(=O)Nc2ccccc2)c2ccccc2[nH]c1=O)c1ccccc1. The van der Waals surface area contributed by atoms with E-state index in [-0.39, 0.29) is 11.3 Å². The Morgan fingerprint density at radius 2 is 1.31 bits per heavy atom. The molecule has 1 aromatic heterocycles. The first-order valence-corrected chi connectivity index (χ1v) is 9.01. The van der Waals surface area contributed by atoms with Crippen molar-refractivity contribution in [1.29, 1.82) is 0 Å². The zero-order valence-electron chi connectivity index (χ0n) is 15.3. The van der Waals surface area contributed by atoms with Crippen molar-refractivity contribution in [2.45, 2.75) is 0 Å². The first-order valence-electron chi connectivity index (χ1n) is 9.01. The third kappa shape index (κ3) is 3.77. The van der Waals surface area contributed by atoms with Crippen LogP contribution in [0, 0.1) is 0 Å². The molecule has 0 aliphatic heterocycles. The Morgan fingerprint density at radius 1 is 0.690 bits per heavy atom. The summed E-state index contributed by atoms with van der Waals surface area (Å²) in [6, 6.07) is 24.4. The second-order valence-corrected chi connectivity index (χ2v) is 6.39. The zero-order valence-corrected chi connectivity index (χ0v) is 15.3. The number of para-hydroxylation sites is 2. The van der Waals surface area contributed by atoms with Gasteiger partial charge in [0.1, 0.15) is 5.69 Å². The van der Waals surface area contributed by atoms with Gasteiger partial charge in [0.25, 0.3) is 17.4 Å². The van der Waals surface area contributed by atoms with E-state index in [4.69, 9.17) is 0 Å². The van der Waals surface area contributed by atoms with Crippen LogP contribution in [0.3, 0.4) is 0 Å². The molecule has 6 nitrogen and oxygen atoms in total. The number of rotatable bonds is 4. The van der Waals surface area contributed by atoms with Crippen molar-refractivity contribution in [1.82, 2.24) is 4.98 Å². The standard InChI is InChI=1S/C23H17N3O3/c27-21(15-9-3-1-4-10-15)26-20-19(22(28)24-16-11-5-2-6-12-16)17-13-7-8-14-18(17)25-23(20)29/h1-14H,(H,24,28)(H,25,29)(H,26,27). The van der Waals surface area contributed by atoms with E-state index in [2.05, 4.69) is 15.6 Å². The van der Waals surface area contributed by atoms with Crippen LogP contribution in [-0.4, -0.2) is 16.8 Å². The van der Waals surface area contributed by atoms with Gasteiger partial charge in [-0.1, -0.05) is 54.6 Å². The number of anilines is 2. The van der Waals surface area contributed by atoms with Crippen molar-refractivity contribution in [3.05, 3.63) is 106 Å². The van der Waals surface area contributed by atoms with E-state index in [1.807, 2.05) is 6.07 Å². The van der Waals surface area contributed by atoms with E-state index in [9.17, 15) is 14.4 Å². The molecule has 0 unspecified atom stereocenters. The number of carbonyl (C=O) groups excluding carboxylic acids is 2. The van der Waals surface area contributed by atoms with E-state index in [1.165, 1.54) is 0 Å². The Kier molecular flexibility index (Phi) is 4.90. The van der Waals surface area contributed by atoms with Gasteiger partial charge in [0.2, 0.25) is 0 Å². The number of nitrogens with one attached hydrogen (secondary N) is 3. The molecular formula is C23H17N3O3. The molecule has 0 radical (unpaired) electrons. The summed E-state index contributed by atoms with van der Waals surface area (Å²) in [7, 11) is 0. The highest BCUT2D eigenvalue weighted by molar-refractivity contribution is 6.18. The van der Waals surface area contributed by atoms with Crippen LogP contribution in [0.25, 0.3) is 10.9 Å². The number of hydrogen-bond donors (Lipinski definition) is 3. The highest BCUT2D eigenvalue weighted by Gasteiger charge is 2.21. The number of amides is 2. The Morgan fingerprint density at radius 3 is 2.03 bits per heavy atom. The first-order chi connectivity index (χ1) is 14.1. The predicted molar refractivity (Wildman–Crippen MR) is 113 cm³/mol.